The molecule has 0 amide bonds. The van der Waals surface area contributed by atoms with Crippen LogP contribution in [0, 0.1) is 6.92 Å². The molecule has 69 valence electrons. The Balaban J connectivity index is 2.57. The fraction of sp³-hybridized carbons (Fsp3) is 0. The van der Waals surface area contributed by atoms with E-state index >= 15 is 0 Å². The van der Waals surface area contributed by atoms with Crippen LogP contribution in [0.2, 0.25) is 0 Å². The molecule has 0 bridgehead atoms. The smallest absolute Gasteiger partial charge is 0.101 e. The summed E-state index contributed by atoms with van der Waals surface area (Å²) in [5.74, 6) is -0.437. The molecule has 2 rings (SSSR count). The average Bonchev–Trinajstić information content (AvgIpc) is 2.17. The van der Waals surface area contributed by atoms with Crippen LogP contribution in [0.25, 0.3) is 17.0 Å². The van der Waals surface area contributed by atoms with E-state index in [-0.39, 0.29) is 0 Å². The maximum absolute atomic E-state index is 12.5. The van der Waals surface area contributed by atoms with Gasteiger partial charge < -0.3 is 0 Å². The topological polar surface area (TPSA) is 12.9 Å². The zero-order valence-corrected chi connectivity index (χ0v) is 7.57. The molecular formula is C12H9FN. The van der Waals surface area contributed by atoms with Crippen molar-refractivity contribution in [1.29, 1.82) is 0 Å². The highest BCUT2D eigenvalue weighted by atomic mass is 19.1. The molecule has 0 aliphatic carbocycles. The van der Waals surface area contributed by atoms with E-state index in [1.165, 1.54) is 6.08 Å². The number of benzene rings is 1. The maximum Gasteiger partial charge on any atom is 0.101 e. The normalized spacial score (nSPS) is 12.0. The van der Waals surface area contributed by atoms with Crippen LogP contribution in [0.1, 0.15) is 5.56 Å². The lowest BCUT2D eigenvalue weighted by molar-refractivity contribution is 0.673. The summed E-state index contributed by atoms with van der Waals surface area (Å²) in [4.78, 5) is 4.17. The summed E-state index contributed by atoms with van der Waals surface area (Å²) in [6.45, 7) is 3.19. The van der Waals surface area contributed by atoms with Crippen LogP contribution in [-0.4, -0.2) is 4.98 Å². The van der Waals surface area contributed by atoms with E-state index in [0.717, 1.165) is 16.5 Å². The van der Waals surface area contributed by atoms with Gasteiger partial charge in [-0.05, 0) is 29.8 Å². The maximum atomic E-state index is 12.5. The van der Waals surface area contributed by atoms with Gasteiger partial charge in [0, 0.05) is 18.5 Å². The third-order valence-corrected chi connectivity index (χ3v) is 1.95. The quantitative estimate of drug-likeness (QED) is 0.665. The van der Waals surface area contributed by atoms with Crippen molar-refractivity contribution in [2.24, 2.45) is 0 Å². The molecule has 1 aromatic heterocycles. The lowest BCUT2D eigenvalue weighted by atomic mass is 10.1. The Bertz CT molecular complexity index is 484. The van der Waals surface area contributed by atoms with E-state index in [4.69, 9.17) is 0 Å². The first-order valence-electron chi connectivity index (χ1n) is 4.30. The summed E-state index contributed by atoms with van der Waals surface area (Å²) in [6.07, 6.45) is 3.13. The van der Waals surface area contributed by atoms with E-state index in [2.05, 4.69) is 11.9 Å². The van der Waals surface area contributed by atoms with Gasteiger partial charge in [-0.3, -0.25) is 4.98 Å². The highest BCUT2D eigenvalue weighted by molar-refractivity contribution is 5.81. The van der Waals surface area contributed by atoms with Gasteiger partial charge in [0.2, 0.25) is 0 Å². The monoisotopic (exact) mass is 186 g/mol. The van der Waals surface area contributed by atoms with Crippen molar-refractivity contribution in [2.45, 2.75) is 0 Å². The fourth-order valence-electron chi connectivity index (χ4n) is 1.36. The second-order valence-electron chi connectivity index (χ2n) is 3.05. The number of nitrogens with zero attached hydrogens (tertiary/aromatic N) is 1. The lowest BCUT2D eigenvalue weighted by Gasteiger charge is -1.97. The minimum Gasteiger partial charge on any atom is -0.256 e. The third-order valence-electron chi connectivity index (χ3n) is 1.95. The predicted molar refractivity (Wildman–Crippen MR) is 56.2 cm³/mol. The number of pyridine rings is 1. The summed E-state index contributed by atoms with van der Waals surface area (Å²) in [7, 11) is 0. The van der Waals surface area contributed by atoms with Gasteiger partial charge in [-0.2, -0.15) is 0 Å². The van der Waals surface area contributed by atoms with Gasteiger partial charge in [0.25, 0.3) is 0 Å². The first-order valence-corrected chi connectivity index (χ1v) is 4.30. The van der Waals surface area contributed by atoms with E-state index in [1.807, 2.05) is 30.3 Å². The molecule has 2 heteroatoms. The summed E-state index contributed by atoms with van der Waals surface area (Å²) in [6, 6.07) is 9.37. The Morgan fingerprint density at radius 1 is 1.36 bits per heavy atom. The molecule has 0 aliphatic heterocycles. The van der Waals surface area contributed by atoms with Gasteiger partial charge in [-0.25, -0.2) is 4.39 Å². The molecule has 0 spiro atoms. The molecular weight excluding hydrogens is 177 g/mol. The van der Waals surface area contributed by atoms with E-state index < -0.39 is 5.83 Å². The highest BCUT2D eigenvalue weighted by Gasteiger charge is 1.94. The van der Waals surface area contributed by atoms with E-state index in [9.17, 15) is 4.39 Å². The fourth-order valence-corrected chi connectivity index (χ4v) is 1.36. The molecule has 14 heavy (non-hydrogen) atoms. The van der Waals surface area contributed by atoms with Gasteiger partial charge in [0.1, 0.15) is 5.83 Å². The number of hydrogen-bond acceptors (Lipinski definition) is 1. The Kier molecular flexibility index (Phi) is 2.27. The molecule has 0 saturated heterocycles. The predicted octanol–water partition coefficient (Wildman–Crippen LogP) is 3.38. The molecule has 0 fully saturated rings. The zero-order chi connectivity index (χ0) is 9.97. The Morgan fingerprint density at radius 3 is 3.00 bits per heavy atom. The molecule has 2 aromatic rings. The number of hydrogen-bond donors (Lipinski definition) is 0. The minimum atomic E-state index is -0.437. The zero-order valence-electron chi connectivity index (χ0n) is 7.57. The van der Waals surface area contributed by atoms with Gasteiger partial charge in [0.15, 0.2) is 0 Å². The van der Waals surface area contributed by atoms with Crippen molar-refractivity contribution >= 4 is 17.0 Å². The minimum absolute atomic E-state index is 0.437. The highest BCUT2D eigenvalue weighted by Crippen LogP contribution is 2.15. The largest absolute Gasteiger partial charge is 0.256 e. The van der Waals surface area contributed by atoms with Gasteiger partial charge in [-0.1, -0.05) is 12.1 Å². The van der Waals surface area contributed by atoms with Crippen molar-refractivity contribution in [3.8, 4) is 0 Å². The summed E-state index contributed by atoms with van der Waals surface area (Å²) >= 11 is 0. The van der Waals surface area contributed by atoms with Crippen LogP contribution in [0.15, 0.2) is 42.4 Å². The van der Waals surface area contributed by atoms with Crippen LogP contribution in [0.3, 0.4) is 0 Å². The van der Waals surface area contributed by atoms with Crippen molar-refractivity contribution in [2.75, 3.05) is 0 Å². The molecule has 0 saturated carbocycles. The Hall–Kier alpha value is -1.70. The third kappa shape index (κ3) is 1.79. The first-order chi connectivity index (χ1) is 6.75. The SMILES string of the molecule is [CH2]/C(F)=C\c1ccc2ncccc2c1. The van der Waals surface area contributed by atoms with Crippen molar-refractivity contribution in [3.63, 3.8) is 0 Å². The first kappa shape index (κ1) is 8.88. The lowest BCUT2D eigenvalue weighted by Crippen LogP contribution is -1.79. The number of aromatic nitrogens is 1. The molecule has 1 heterocycles. The Labute approximate surface area is 81.9 Å². The van der Waals surface area contributed by atoms with E-state index in [0.29, 0.717) is 0 Å². The number of allylic oxidation sites excluding steroid dienone is 1. The van der Waals surface area contributed by atoms with Crippen molar-refractivity contribution < 1.29 is 4.39 Å². The summed E-state index contributed by atoms with van der Waals surface area (Å²) in [5.41, 5.74) is 1.71. The Morgan fingerprint density at radius 2 is 2.21 bits per heavy atom. The number of rotatable bonds is 1. The second-order valence-corrected chi connectivity index (χ2v) is 3.05. The number of halogens is 1. The van der Waals surface area contributed by atoms with Crippen molar-refractivity contribution in [1.82, 2.24) is 4.98 Å². The molecule has 0 aliphatic rings. The molecule has 0 N–H and O–H groups in total. The number of fused-ring (bicyclic) bond motifs is 1. The molecule has 1 aromatic carbocycles. The van der Waals surface area contributed by atoms with Crippen LogP contribution in [-0.2, 0) is 0 Å². The second kappa shape index (κ2) is 3.58. The van der Waals surface area contributed by atoms with Crippen LogP contribution in [0.4, 0.5) is 4.39 Å². The van der Waals surface area contributed by atoms with E-state index in [1.54, 1.807) is 6.20 Å². The summed E-state index contributed by atoms with van der Waals surface area (Å²) in [5, 5.41) is 1.00. The molecule has 1 nitrogen and oxygen atoms in total. The van der Waals surface area contributed by atoms with Gasteiger partial charge in [0.05, 0.1) is 5.52 Å². The summed E-state index contributed by atoms with van der Waals surface area (Å²) < 4.78 is 12.5. The molecule has 0 atom stereocenters. The average molecular weight is 186 g/mol. The van der Waals surface area contributed by atoms with Crippen LogP contribution < -0.4 is 0 Å². The van der Waals surface area contributed by atoms with Gasteiger partial charge >= 0.3 is 0 Å². The molecule has 0 unspecified atom stereocenters. The van der Waals surface area contributed by atoms with Crippen molar-refractivity contribution in [3.05, 3.63) is 54.8 Å². The van der Waals surface area contributed by atoms with Gasteiger partial charge in [-0.15, -0.1) is 0 Å². The standard InChI is InChI=1S/C12H9FN/c1-9(13)7-10-4-5-12-11(8-10)3-2-6-14-12/h2-8H,1H2/b9-7+. The van der Waals surface area contributed by atoms with Crippen LogP contribution in [0.5, 0.6) is 0 Å². The van der Waals surface area contributed by atoms with Crippen LogP contribution >= 0.6 is 0 Å². The molecule has 1 radical (unpaired) electrons.